The van der Waals surface area contributed by atoms with Crippen LogP contribution in [0.2, 0.25) is 0 Å². The summed E-state index contributed by atoms with van der Waals surface area (Å²) >= 11 is 3.44. The fraction of sp³-hybridized carbons (Fsp3) is 0. The summed E-state index contributed by atoms with van der Waals surface area (Å²) in [4.78, 5) is 0. The van der Waals surface area contributed by atoms with E-state index < -0.39 is 0 Å². The first-order valence-electron chi connectivity index (χ1n) is 4.48. The Hall–Kier alpha value is -1.35. The van der Waals surface area contributed by atoms with Crippen molar-refractivity contribution in [1.29, 1.82) is 0 Å². The molecule has 3 heteroatoms. The summed E-state index contributed by atoms with van der Waals surface area (Å²) in [5.74, 6) is -0.316. The summed E-state index contributed by atoms with van der Waals surface area (Å²) in [6.45, 7) is 0. The van der Waals surface area contributed by atoms with Crippen molar-refractivity contribution in [3.05, 3.63) is 52.8 Å². The molecule has 0 saturated heterocycles. The molecule has 2 aromatic carbocycles. The molecule has 0 amide bonds. The number of benzene rings is 2. The zero-order valence-electron chi connectivity index (χ0n) is 7.87. The lowest BCUT2D eigenvalue weighted by molar-refractivity contribution is 0.628. The van der Waals surface area contributed by atoms with Crippen LogP contribution in [-0.2, 0) is 0 Å². The molecule has 0 radical (unpaired) electrons. The largest absolute Gasteiger partial charge is 0.398 e. The van der Waals surface area contributed by atoms with E-state index in [1.54, 1.807) is 6.07 Å². The number of hydrogen-bond donors (Lipinski definition) is 1. The van der Waals surface area contributed by atoms with Crippen molar-refractivity contribution in [1.82, 2.24) is 0 Å². The van der Waals surface area contributed by atoms with Gasteiger partial charge in [-0.25, -0.2) is 4.39 Å². The topological polar surface area (TPSA) is 26.0 Å². The molecule has 0 saturated carbocycles. The standard InChI is InChI=1S/C12H9BrFN/c13-11-4-2-1-3-9(11)10-6-5-8(14)7-12(10)15/h1-7H,15H2. The van der Waals surface area contributed by atoms with Gasteiger partial charge in [0, 0.05) is 15.7 Å². The first kappa shape index (κ1) is 10.2. The molecule has 2 N–H and O–H groups in total. The van der Waals surface area contributed by atoms with E-state index in [9.17, 15) is 4.39 Å². The van der Waals surface area contributed by atoms with Crippen molar-refractivity contribution < 1.29 is 4.39 Å². The van der Waals surface area contributed by atoms with Gasteiger partial charge in [0.1, 0.15) is 5.82 Å². The van der Waals surface area contributed by atoms with Crippen molar-refractivity contribution in [3.8, 4) is 11.1 Å². The van der Waals surface area contributed by atoms with Gasteiger partial charge >= 0.3 is 0 Å². The van der Waals surface area contributed by atoms with E-state index in [0.29, 0.717) is 5.69 Å². The monoisotopic (exact) mass is 265 g/mol. The third-order valence-electron chi connectivity index (χ3n) is 2.18. The van der Waals surface area contributed by atoms with Crippen LogP contribution in [0.25, 0.3) is 11.1 Å². The third-order valence-corrected chi connectivity index (χ3v) is 2.87. The van der Waals surface area contributed by atoms with Gasteiger partial charge in [-0.05, 0) is 29.8 Å². The lowest BCUT2D eigenvalue weighted by Crippen LogP contribution is -1.91. The summed E-state index contributed by atoms with van der Waals surface area (Å²) < 4.78 is 13.8. The Balaban J connectivity index is 2.60. The average Bonchev–Trinajstić information content (AvgIpc) is 2.20. The minimum atomic E-state index is -0.316. The Morgan fingerprint density at radius 3 is 2.40 bits per heavy atom. The second kappa shape index (κ2) is 4.03. The Bertz CT molecular complexity index is 497. The fourth-order valence-corrected chi connectivity index (χ4v) is 1.96. The van der Waals surface area contributed by atoms with Crippen molar-refractivity contribution in [2.75, 3.05) is 5.73 Å². The molecule has 0 heterocycles. The highest BCUT2D eigenvalue weighted by atomic mass is 79.9. The van der Waals surface area contributed by atoms with Crippen LogP contribution in [0.3, 0.4) is 0 Å². The minimum absolute atomic E-state index is 0.316. The van der Waals surface area contributed by atoms with Crippen LogP contribution in [0.4, 0.5) is 10.1 Å². The van der Waals surface area contributed by atoms with E-state index >= 15 is 0 Å². The molecule has 0 aliphatic heterocycles. The molecule has 15 heavy (non-hydrogen) atoms. The molecule has 76 valence electrons. The van der Waals surface area contributed by atoms with Gasteiger partial charge in [0.2, 0.25) is 0 Å². The third kappa shape index (κ3) is 2.02. The molecular formula is C12H9BrFN. The van der Waals surface area contributed by atoms with Gasteiger partial charge in [-0.3, -0.25) is 0 Å². The molecule has 0 atom stereocenters. The average molecular weight is 266 g/mol. The minimum Gasteiger partial charge on any atom is -0.398 e. The van der Waals surface area contributed by atoms with Gasteiger partial charge in [0.25, 0.3) is 0 Å². The highest BCUT2D eigenvalue weighted by molar-refractivity contribution is 9.10. The zero-order valence-corrected chi connectivity index (χ0v) is 9.46. The van der Waals surface area contributed by atoms with Gasteiger partial charge < -0.3 is 5.73 Å². The van der Waals surface area contributed by atoms with Gasteiger partial charge in [-0.1, -0.05) is 34.1 Å². The first-order valence-corrected chi connectivity index (χ1v) is 5.28. The molecule has 2 rings (SSSR count). The number of rotatable bonds is 1. The van der Waals surface area contributed by atoms with Crippen LogP contribution in [0.1, 0.15) is 0 Å². The van der Waals surface area contributed by atoms with Crippen molar-refractivity contribution in [2.45, 2.75) is 0 Å². The SMILES string of the molecule is Nc1cc(F)ccc1-c1ccccc1Br. The quantitative estimate of drug-likeness (QED) is 0.780. The summed E-state index contributed by atoms with van der Waals surface area (Å²) in [6, 6.07) is 12.1. The van der Waals surface area contributed by atoms with E-state index in [-0.39, 0.29) is 5.82 Å². The Morgan fingerprint density at radius 1 is 1.00 bits per heavy atom. The highest BCUT2D eigenvalue weighted by Crippen LogP contribution is 2.32. The Labute approximate surface area is 95.9 Å². The molecular weight excluding hydrogens is 257 g/mol. The summed E-state index contributed by atoms with van der Waals surface area (Å²) in [6.07, 6.45) is 0. The van der Waals surface area contributed by atoms with Gasteiger partial charge in [-0.2, -0.15) is 0 Å². The predicted octanol–water partition coefficient (Wildman–Crippen LogP) is 3.84. The summed E-state index contributed by atoms with van der Waals surface area (Å²) in [5.41, 5.74) is 8.01. The van der Waals surface area contributed by atoms with Crippen LogP contribution >= 0.6 is 15.9 Å². The van der Waals surface area contributed by atoms with Crippen molar-refractivity contribution in [3.63, 3.8) is 0 Å². The van der Waals surface area contributed by atoms with Crippen molar-refractivity contribution >= 4 is 21.6 Å². The molecule has 1 nitrogen and oxygen atoms in total. The number of hydrogen-bond acceptors (Lipinski definition) is 1. The van der Waals surface area contributed by atoms with Gasteiger partial charge in [0.05, 0.1) is 0 Å². The molecule has 0 aliphatic carbocycles. The Kier molecular flexibility index (Phi) is 2.73. The number of anilines is 1. The molecule has 0 aromatic heterocycles. The van der Waals surface area contributed by atoms with E-state index in [4.69, 9.17) is 5.73 Å². The van der Waals surface area contributed by atoms with E-state index in [1.807, 2.05) is 24.3 Å². The predicted molar refractivity (Wildman–Crippen MR) is 63.9 cm³/mol. The molecule has 0 fully saturated rings. The van der Waals surface area contributed by atoms with Crippen LogP contribution in [0.15, 0.2) is 46.9 Å². The maximum Gasteiger partial charge on any atom is 0.125 e. The second-order valence-electron chi connectivity index (χ2n) is 3.21. The molecule has 0 bridgehead atoms. The van der Waals surface area contributed by atoms with Gasteiger partial charge in [0.15, 0.2) is 0 Å². The number of halogens is 2. The molecule has 0 spiro atoms. The van der Waals surface area contributed by atoms with E-state index in [2.05, 4.69) is 15.9 Å². The van der Waals surface area contributed by atoms with Gasteiger partial charge in [-0.15, -0.1) is 0 Å². The van der Waals surface area contributed by atoms with Crippen LogP contribution in [-0.4, -0.2) is 0 Å². The lowest BCUT2D eigenvalue weighted by atomic mass is 10.0. The lowest BCUT2D eigenvalue weighted by Gasteiger charge is -2.07. The van der Waals surface area contributed by atoms with Crippen molar-refractivity contribution in [2.24, 2.45) is 0 Å². The van der Waals surface area contributed by atoms with Crippen LogP contribution in [0, 0.1) is 5.82 Å². The van der Waals surface area contributed by atoms with Crippen LogP contribution < -0.4 is 5.73 Å². The molecule has 0 unspecified atom stereocenters. The maximum absolute atomic E-state index is 12.9. The molecule has 0 aliphatic rings. The summed E-state index contributed by atoms with van der Waals surface area (Å²) in [5, 5.41) is 0. The first-order chi connectivity index (χ1) is 7.18. The van der Waals surface area contributed by atoms with Crippen LogP contribution in [0.5, 0.6) is 0 Å². The maximum atomic E-state index is 12.9. The number of nitrogens with two attached hydrogens (primary N) is 1. The van der Waals surface area contributed by atoms with E-state index in [0.717, 1.165) is 15.6 Å². The van der Waals surface area contributed by atoms with E-state index in [1.165, 1.54) is 12.1 Å². The fourth-order valence-electron chi connectivity index (χ4n) is 1.46. The smallest absolute Gasteiger partial charge is 0.125 e. The zero-order chi connectivity index (χ0) is 10.8. The second-order valence-corrected chi connectivity index (χ2v) is 4.07. The summed E-state index contributed by atoms with van der Waals surface area (Å²) in [7, 11) is 0. The highest BCUT2D eigenvalue weighted by Gasteiger charge is 2.06. The molecule has 2 aromatic rings. The number of nitrogen functional groups attached to an aromatic ring is 1. The normalized spacial score (nSPS) is 10.3. The Morgan fingerprint density at radius 2 is 1.73 bits per heavy atom.